The van der Waals surface area contributed by atoms with Crippen LogP contribution in [0.1, 0.15) is 58.5 Å². The highest BCUT2D eigenvalue weighted by molar-refractivity contribution is 7.09. The monoisotopic (exact) mass is 628 g/mol. The third kappa shape index (κ3) is 9.59. The number of hydrogen-bond acceptors (Lipinski definition) is 7. The molecule has 10 nitrogen and oxygen atoms in total. The predicted octanol–water partition coefficient (Wildman–Crippen LogP) is 3.43. The van der Waals surface area contributed by atoms with Gasteiger partial charge in [0, 0.05) is 39.1 Å². The van der Waals surface area contributed by atoms with Crippen LogP contribution < -0.4 is 10.6 Å². The van der Waals surface area contributed by atoms with Gasteiger partial charge in [0.05, 0.1) is 12.6 Å². The van der Waals surface area contributed by atoms with Crippen molar-refractivity contribution in [1.29, 1.82) is 0 Å². The lowest BCUT2D eigenvalue weighted by molar-refractivity contribution is -0.153. The summed E-state index contributed by atoms with van der Waals surface area (Å²) in [4.78, 5) is 64.3. The molecule has 11 heteroatoms. The van der Waals surface area contributed by atoms with Crippen molar-refractivity contribution in [2.24, 2.45) is 17.8 Å². The Morgan fingerprint density at radius 1 is 0.864 bits per heavy atom. The highest BCUT2D eigenvalue weighted by Crippen LogP contribution is 2.22. The van der Waals surface area contributed by atoms with Gasteiger partial charge in [0.2, 0.25) is 23.6 Å². The standard InChI is InChI=1S/C33H52N6O4S/c1-11-23(6)29(39(10)32(42)28(22(4)5)36-30(40)27(34-7)21(2)3)33(43)38(9)25(19-24-15-13-12-14-16-24)31(41)37(8)20-26-35-17-18-44-26/h12-18,21-23,25,27-29,34H,11,19-20H2,1-10H3,(H,36,40)/t23-,25-,27+,28-,29-/m0/s1. The summed E-state index contributed by atoms with van der Waals surface area (Å²) in [5, 5.41) is 8.63. The van der Waals surface area contributed by atoms with E-state index in [0.717, 1.165) is 10.6 Å². The molecule has 1 aromatic heterocycles. The van der Waals surface area contributed by atoms with Gasteiger partial charge in [0.15, 0.2) is 0 Å². The summed E-state index contributed by atoms with van der Waals surface area (Å²) in [6.07, 6.45) is 2.66. The van der Waals surface area contributed by atoms with E-state index in [1.54, 1.807) is 39.3 Å². The highest BCUT2D eigenvalue weighted by Gasteiger charge is 2.41. The minimum atomic E-state index is -0.837. The van der Waals surface area contributed by atoms with E-state index >= 15 is 0 Å². The molecule has 0 saturated heterocycles. The molecule has 5 atom stereocenters. The molecule has 2 rings (SSSR count). The zero-order valence-corrected chi connectivity index (χ0v) is 28.9. The lowest BCUT2D eigenvalue weighted by Gasteiger charge is -2.39. The van der Waals surface area contributed by atoms with Crippen LogP contribution in [0.3, 0.4) is 0 Å². The van der Waals surface area contributed by atoms with Gasteiger partial charge in [-0.15, -0.1) is 11.3 Å². The molecule has 0 spiro atoms. The number of carbonyl (C=O) groups excluding carboxylic acids is 4. The summed E-state index contributed by atoms with van der Waals surface area (Å²) >= 11 is 1.47. The first-order chi connectivity index (χ1) is 20.7. The normalized spacial score (nSPS) is 14.8. The molecule has 44 heavy (non-hydrogen) atoms. The van der Waals surface area contributed by atoms with Gasteiger partial charge in [0.1, 0.15) is 23.1 Å². The van der Waals surface area contributed by atoms with E-state index in [1.807, 2.05) is 77.3 Å². The van der Waals surface area contributed by atoms with Crippen molar-refractivity contribution in [1.82, 2.24) is 30.3 Å². The lowest BCUT2D eigenvalue weighted by Crippen LogP contribution is -2.61. The maximum absolute atomic E-state index is 14.4. The average Bonchev–Trinajstić information content (AvgIpc) is 3.50. The van der Waals surface area contributed by atoms with Crippen molar-refractivity contribution in [2.45, 2.75) is 85.1 Å². The maximum atomic E-state index is 14.4. The van der Waals surface area contributed by atoms with E-state index in [-0.39, 0.29) is 41.4 Å². The summed E-state index contributed by atoms with van der Waals surface area (Å²) in [5.41, 5.74) is 0.921. The Balaban J connectivity index is 2.41. The van der Waals surface area contributed by atoms with Crippen LogP contribution >= 0.6 is 11.3 Å². The van der Waals surface area contributed by atoms with Gasteiger partial charge < -0.3 is 25.3 Å². The summed E-state index contributed by atoms with van der Waals surface area (Å²) in [6, 6.07) is 6.68. The number of nitrogens with zero attached hydrogens (tertiary/aromatic N) is 4. The molecule has 0 aliphatic heterocycles. The number of amides is 4. The molecule has 2 aromatic rings. The molecule has 1 aromatic carbocycles. The molecule has 0 aliphatic carbocycles. The largest absolute Gasteiger partial charge is 0.343 e. The van der Waals surface area contributed by atoms with Crippen LogP contribution in [0.15, 0.2) is 41.9 Å². The highest BCUT2D eigenvalue weighted by atomic mass is 32.1. The number of rotatable bonds is 16. The summed E-state index contributed by atoms with van der Waals surface area (Å²) < 4.78 is 0. The van der Waals surface area contributed by atoms with Gasteiger partial charge >= 0.3 is 0 Å². The van der Waals surface area contributed by atoms with Crippen molar-refractivity contribution in [3.05, 3.63) is 52.5 Å². The van der Waals surface area contributed by atoms with Crippen molar-refractivity contribution in [3.63, 3.8) is 0 Å². The second-order valence-corrected chi connectivity index (χ2v) is 13.3. The molecule has 0 radical (unpaired) electrons. The van der Waals surface area contributed by atoms with Crippen molar-refractivity contribution in [2.75, 3.05) is 28.2 Å². The van der Waals surface area contributed by atoms with E-state index in [0.29, 0.717) is 19.4 Å². The van der Waals surface area contributed by atoms with E-state index in [9.17, 15) is 19.2 Å². The average molecular weight is 629 g/mol. The van der Waals surface area contributed by atoms with E-state index < -0.39 is 24.2 Å². The summed E-state index contributed by atoms with van der Waals surface area (Å²) in [7, 11) is 6.69. The molecule has 1 heterocycles. The Labute approximate surface area is 267 Å². The van der Waals surface area contributed by atoms with Crippen molar-refractivity contribution >= 4 is 35.0 Å². The molecule has 2 N–H and O–H groups in total. The molecular formula is C33H52N6O4S. The van der Waals surface area contributed by atoms with Crippen LogP contribution in [-0.4, -0.2) is 95.7 Å². The van der Waals surface area contributed by atoms with Gasteiger partial charge in [-0.2, -0.15) is 0 Å². The number of thiazole rings is 1. The fourth-order valence-corrected chi connectivity index (χ4v) is 6.02. The molecule has 244 valence electrons. The Bertz CT molecular complexity index is 1210. The Kier molecular flexibility index (Phi) is 14.5. The van der Waals surface area contributed by atoms with Crippen LogP contribution in [0, 0.1) is 17.8 Å². The van der Waals surface area contributed by atoms with Crippen LogP contribution in [0.2, 0.25) is 0 Å². The summed E-state index contributed by atoms with van der Waals surface area (Å²) in [6.45, 7) is 11.9. The predicted molar refractivity (Wildman–Crippen MR) is 176 cm³/mol. The molecule has 0 bridgehead atoms. The smallest absolute Gasteiger partial charge is 0.246 e. The maximum Gasteiger partial charge on any atom is 0.246 e. The van der Waals surface area contributed by atoms with Gasteiger partial charge in [0.25, 0.3) is 0 Å². The minimum absolute atomic E-state index is 0.0246. The Hall–Kier alpha value is -3.31. The molecule has 0 unspecified atom stereocenters. The van der Waals surface area contributed by atoms with E-state index in [4.69, 9.17) is 0 Å². The Morgan fingerprint density at radius 2 is 1.48 bits per heavy atom. The molecule has 0 aliphatic rings. The zero-order valence-electron chi connectivity index (χ0n) is 28.0. The number of aromatic nitrogens is 1. The quantitative estimate of drug-likeness (QED) is 0.295. The molecule has 0 fully saturated rings. The van der Waals surface area contributed by atoms with Crippen LogP contribution in [0.25, 0.3) is 0 Å². The third-order valence-electron chi connectivity index (χ3n) is 8.30. The van der Waals surface area contributed by atoms with Crippen LogP contribution in [0.5, 0.6) is 0 Å². The zero-order chi connectivity index (χ0) is 33.1. The minimum Gasteiger partial charge on any atom is -0.343 e. The van der Waals surface area contributed by atoms with Gasteiger partial charge in [-0.3, -0.25) is 19.2 Å². The number of nitrogens with one attached hydrogen (secondary N) is 2. The fourth-order valence-electron chi connectivity index (χ4n) is 5.35. The first-order valence-electron chi connectivity index (χ1n) is 15.4. The van der Waals surface area contributed by atoms with Gasteiger partial charge in [-0.1, -0.05) is 78.3 Å². The third-order valence-corrected chi connectivity index (χ3v) is 9.06. The first-order valence-corrected chi connectivity index (χ1v) is 16.3. The lowest BCUT2D eigenvalue weighted by atomic mass is 9.93. The Morgan fingerprint density at radius 3 is 1.98 bits per heavy atom. The van der Waals surface area contributed by atoms with E-state index in [1.165, 1.54) is 21.1 Å². The van der Waals surface area contributed by atoms with Crippen LogP contribution in [-0.2, 0) is 32.1 Å². The van der Waals surface area contributed by atoms with Crippen molar-refractivity contribution < 1.29 is 19.2 Å². The number of hydrogen-bond donors (Lipinski definition) is 2. The molecule has 4 amide bonds. The second kappa shape index (κ2) is 17.2. The molecular weight excluding hydrogens is 576 g/mol. The number of carbonyl (C=O) groups is 4. The van der Waals surface area contributed by atoms with Crippen molar-refractivity contribution in [3.8, 4) is 0 Å². The molecule has 0 saturated carbocycles. The fraction of sp³-hybridized carbons (Fsp3) is 0.606. The second-order valence-electron chi connectivity index (χ2n) is 12.3. The number of likely N-dealkylation sites (N-methyl/N-ethyl adjacent to an activating group) is 4. The van der Waals surface area contributed by atoms with E-state index in [2.05, 4.69) is 15.6 Å². The number of benzene rings is 1. The van der Waals surface area contributed by atoms with Crippen LogP contribution in [0.4, 0.5) is 0 Å². The summed E-state index contributed by atoms with van der Waals surface area (Å²) in [5.74, 6) is -1.53. The SMILES string of the molecule is CC[C@H](C)[C@@H](C(=O)N(C)[C@@H](Cc1ccccc1)C(=O)N(C)Cc1nccs1)N(C)C(=O)[C@@H](NC(=O)[C@H](NC)C(C)C)C(C)C. The first kappa shape index (κ1) is 36.9. The topological polar surface area (TPSA) is 115 Å². The van der Waals surface area contributed by atoms with Gasteiger partial charge in [-0.25, -0.2) is 4.98 Å². The van der Waals surface area contributed by atoms with Gasteiger partial charge in [-0.05, 0) is 30.4 Å².